The quantitative estimate of drug-likeness (QED) is 0.646. The minimum Gasteiger partial charge on any atom is -0.378 e. The first-order valence-electron chi connectivity index (χ1n) is 8.26. The van der Waals surface area contributed by atoms with Gasteiger partial charge in [0.15, 0.2) is 5.96 Å². The third-order valence-electron chi connectivity index (χ3n) is 5.64. The molecule has 0 aliphatic heterocycles. The van der Waals surface area contributed by atoms with Crippen molar-refractivity contribution in [2.45, 2.75) is 52.2 Å². The second-order valence-electron chi connectivity index (χ2n) is 7.11. The first-order chi connectivity index (χ1) is 10.8. The summed E-state index contributed by atoms with van der Waals surface area (Å²) in [7, 11) is 3.61. The molecule has 1 heterocycles. The Hall–Kier alpha value is -1.62. The van der Waals surface area contributed by atoms with Crippen molar-refractivity contribution in [1.82, 2.24) is 15.6 Å². The molecule has 2 atom stereocenters. The third-order valence-corrected chi connectivity index (χ3v) is 5.64. The highest BCUT2D eigenvalue weighted by molar-refractivity contribution is 5.80. The average Bonchev–Trinajstić information content (AvgIpc) is 2.54. The Kier molecular flexibility index (Phi) is 5.30. The molecule has 1 fully saturated rings. The summed E-state index contributed by atoms with van der Waals surface area (Å²) in [5.41, 5.74) is 2.55. The van der Waals surface area contributed by atoms with Crippen LogP contribution in [-0.4, -0.2) is 43.3 Å². The van der Waals surface area contributed by atoms with E-state index in [2.05, 4.69) is 54.4 Å². The summed E-state index contributed by atoms with van der Waals surface area (Å²) in [5.74, 6) is 0.855. The van der Waals surface area contributed by atoms with Gasteiger partial charge < -0.3 is 15.4 Å². The minimum absolute atomic E-state index is 0.0705. The van der Waals surface area contributed by atoms with Gasteiger partial charge in [-0.05, 0) is 43.9 Å². The SMILES string of the molecule is CN=C(NCCc1ccncc1C)NC1CC(C)(OC)C1(C)C. The summed E-state index contributed by atoms with van der Waals surface area (Å²) in [6.45, 7) is 9.60. The molecule has 0 radical (unpaired) electrons. The zero-order chi connectivity index (χ0) is 17.1. The molecule has 5 nitrogen and oxygen atoms in total. The normalized spacial score (nSPS) is 26.5. The van der Waals surface area contributed by atoms with Crippen LogP contribution < -0.4 is 10.6 Å². The number of aryl methyl sites for hydroxylation is 1. The number of nitrogens with one attached hydrogen (secondary N) is 2. The molecule has 2 N–H and O–H groups in total. The lowest BCUT2D eigenvalue weighted by atomic mass is 9.56. The number of aromatic nitrogens is 1. The Bertz CT molecular complexity index is 570. The van der Waals surface area contributed by atoms with E-state index in [9.17, 15) is 0 Å². The van der Waals surface area contributed by atoms with Crippen LogP contribution >= 0.6 is 0 Å². The molecule has 1 aliphatic rings. The standard InChI is InChI=1S/C18H30N4O/c1-13-12-20-9-7-14(13)8-10-21-16(19-5)22-15-11-18(4,23-6)17(15,2)3/h7,9,12,15H,8,10-11H2,1-6H3,(H2,19,21,22). The van der Waals surface area contributed by atoms with Crippen LogP contribution in [0.5, 0.6) is 0 Å². The van der Waals surface area contributed by atoms with Crippen molar-refractivity contribution in [1.29, 1.82) is 0 Å². The van der Waals surface area contributed by atoms with Crippen LogP contribution in [0.3, 0.4) is 0 Å². The summed E-state index contributed by atoms with van der Waals surface area (Å²) in [4.78, 5) is 8.48. The summed E-state index contributed by atoms with van der Waals surface area (Å²) < 4.78 is 5.68. The van der Waals surface area contributed by atoms with Gasteiger partial charge in [0.1, 0.15) is 0 Å². The van der Waals surface area contributed by atoms with Gasteiger partial charge in [0, 0.05) is 44.6 Å². The molecule has 0 aromatic carbocycles. The number of hydrogen-bond acceptors (Lipinski definition) is 3. The maximum Gasteiger partial charge on any atom is 0.191 e. The summed E-state index contributed by atoms with van der Waals surface area (Å²) in [5, 5.41) is 6.94. The van der Waals surface area contributed by atoms with Crippen molar-refractivity contribution in [3.05, 3.63) is 29.6 Å². The van der Waals surface area contributed by atoms with Crippen LogP contribution in [-0.2, 0) is 11.2 Å². The molecule has 1 aliphatic carbocycles. The van der Waals surface area contributed by atoms with Gasteiger partial charge in [-0.25, -0.2) is 0 Å². The maximum atomic E-state index is 5.68. The first-order valence-corrected chi connectivity index (χ1v) is 8.26. The Labute approximate surface area is 139 Å². The van der Waals surface area contributed by atoms with Crippen molar-refractivity contribution in [2.24, 2.45) is 10.4 Å². The van der Waals surface area contributed by atoms with E-state index in [0.29, 0.717) is 6.04 Å². The highest BCUT2D eigenvalue weighted by Gasteiger charge is 2.57. The van der Waals surface area contributed by atoms with E-state index in [1.165, 1.54) is 11.1 Å². The van der Waals surface area contributed by atoms with Crippen LogP contribution in [0.15, 0.2) is 23.5 Å². The van der Waals surface area contributed by atoms with Gasteiger partial charge in [-0.2, -0.15) is 0 Å². The van der Waals surface area contributed by atoms with Crippen molar-refractivity contribution in [3.8, 4) is 0 Å². The lowest BCUT2D eigenvalue weighted by Gasteiger charge is -2.59. The fourth-order valence-electron chi connectivity index (χ4n) is 3.18. The second kappa shape index (κ2) is 6.87. The van der Waals surface area contributed by atoms with Crippen molar-refractivity contribution in [3.63, 3.8) is 0 Å². The summed E-state index contributed by atoms with van der Waals surface area (Å²) in [6.07, 6.45) is 5.70. The van der Waals surface area contributed by atoms with Gasteiger partial charge in [0.05, 0.1) is 5.60 Å². The monoisotopic (exact) mass is 318 g/mol. The van der Waals surface area contributed by atoms with Crippen LogP contribution in [0.1, 0.15) is 38.3 Å². The number of aliphatic imine (C=N–C) groups is 1. The fraction of sp³-hybridized carbons (Fsp3) is 0.667. The van der Waals surface area contributed by atoms with Crippen molar-refractivity contribution >= 4 is 5.96 Å². The molecule has 5 heteroatoms. The lowest BCUT2D eigenvalue weighted by molar-refractivity contribution is -0.176. The molecule has 1 aromatic rings. The van der Waals surface area contributed by atoms with Crippen LogP contribution in [0, 0.1) is 12.3 Å². The number of hydrogen-bond donors (Lipinski definition) is 2. The number of rotatable bonds is 5. The first kappa shape index (κ1) is 17.7. The largest absolute Gasteiger partial charge is 0.378 e. The van der Waals surface area contributed by atoms with Gasteiger partial charge in [-0.1, -0.05) is 13.8 Å². The molecule has 2 unspecified atom stereocenters. The fourth-order valence-corrected chi connectivity index (χ4v) is 3.18. The average molecular weight is 318 g/mol. The highest BCUT2D eigenvalue weighted by Crippen LogP contribution is 2.51. The van der Waals surface area contributed by atoms with Crippen LogP contribution in [0.25, 0.3) is 0 Å². The number of methoxy groups -OCH3 is 1. The van der Waals surface area contributed by atoms with Crippen molar-refractivity contribution < 1.29 is 4.74 Å². The Morgan fingerprint density at radius 1 is 1.43 bits per heavy atom. The lowest BCUT2D eigenvalue weighted by Crippen LogP contribution is -2.69. The Balaban J connectivity index is 1.85. The van der Waals surface area contributed by atoms with Crippen LogP contribution in [0.2, 0.25) is 0 Å². The van der Waals surface area contributed by atoms with E-state index in [1.807, 2.05) is 19.4 Å². The van der Waals surface area contributed by atoms with E-state index in [0.717, 1.165) is 25.3 Å². The minimum atomic E-state index is -0.0718. The Morgan fingerprint density at radius 2 is 2.17 bits per heavy atom. The summed E-state index contributed by atoms with van der Waals surface area (Å²) in [6, 6.07) is 2.44. The zero-order valence-electron chi connectivity index (χ0n) is 15.2. The van der Waals surface area contributed by atoms with Gasteiger partial charge in [-0.15, -0.1) is 0 Å². The van der Waals surface area contributed by atoms with Gasteiger partial charge in [-0.3, -0.25) is 9.98 Å². The van der Waals surface area contributed by atoms with Crippen molar-refractivity contribution in [2.75, 3.05) is 20.7 Å². The van der Waals surface area contributed by atoms with E-state index in [4.69, 9.17) is 4.74 Å². The number of guanidine groups is 1. The molecule has 0 spiro atoms. The molecule has 128 valence electrons. The zero-order valence-corrected chi connectivity index (χ0v) is 15.2. The van der Waals surface area contributed by atoms with E-state index < -0.39 is 0 Å². The predicted molar refractivity (Wildman–Crippen MR) is 94.8 cm³/mol. The predicted octanol–water partition coefficient (Wildman–Crippen LogP) is 2.30. The molecule has 1 aromatic heterocycles. The Morgan fingerprint density at radius 3 is 2.74 bits per heavy atom. The molecule has 2 rings (SSSR count). The van der Waals surface area contributed by atoms with Gasteiger partial charge in [0.2, 0.25) is 0 Å². The number of pyridine rings is 1. The molecule has 0 amide bonds. The van der Waals surface area contributed by atoms with E-state index in [-0.39, 0.29) is 11.0 Å². The third kappa shape index (κ3) is 3.50. The van der Waals surface area contributed by atoms with Gasteiger partial charge in [0.25, 0.3) is 0 Å². The van der Waals surface area contributed by atoms with Gasteiger partial charge >= 0.3 is 0 Å². The van der Waals surface area contributed by atoms with E-state index in [1.54, 1.807) is 7.11 Å². The number of ether oxygens (including phenoxy) is 1. The smallest absolute Gasteiger partial charge is 0.191 e. The summed E-state index contributed by atoms with van der Waals surface area (Å²) >= 11 is 0. The molecule has 0 saturated heterocycles. The van der Waals surface area contributed by atoms with E-state index >= 15 is 0 Å². The molecule has 23 heavy (non-hydrogen) atoms. The molecule has 0 bridgehead atoms. The second-order valence-corrected chi connectivity index (χ2v) is 7.11. The number of nitrogens with zero attached hydrogens (tertiary/aromatic N) is 2. The maximum absolute atomic E-state index is 5.68. The topological polar surface area (TPSA) is 58.5 Å². The van der Waals surface area contributed by atoms with Crippen LogP contribution in [0.4, 0.5) is 0 Å². The highest BCUT2D eigenvalue weighted by atomic mass is 16.5. The molecular weight excluding hydrogens is 288 g/mol. The molecular formula is C18H30N4O. The molecule has 1 saturated carbocycles.